The van der Waals surface area contributed by atoms with E-state index in [0.717, 1.165) is 11.3 Å². The molecule has 0 spiro atoms. The van der Waals surface area contributed by atoms with Crippen molar-refractivity contribution < 1.29 is 9.72 Å². The van der Waals surface area contributed by atoms with E-state index in [1.54, 1.807) is 23.3 Å². The Morgan fingerprint density at radius 3 is 2.59 bits per heavy atom. The lowest BCUT2D eigenvalue weighted by atomic mass is 10.1. The lowest BCUT2D eigenvalue weighted by molar-refractivity contribution is -0.384. The first-order valence-corrected chi connectivity index (χ1v) is 8.61. The average molecular weight is 389 g/mol. The standard InChI is InChI=1S/C19H15N7O3/c27-19(22-10-14-1-4-16(5-2-14)25-13-21-11-23-25)15-3-6-17(18(9-15)26(28)29)24-8-7-20-12-24/h1-9,11-13H,10H2,(H,22,27). The maximum absolute atomic E-state index is 12.5. The van der Waals surface area contributed by atoms with Crippen molar-refractivity contribution in [3.63, 3.8) is 0 Å². The van der Waals surface area contributed by atoms with Crippen LogP contribution in [0.3, 0.4) is 0 Å². The van der Waals surface area contributed by atoms with E-state index in [9.17, 15) is 14.9 Å². The van der Waals surface area contributed by atoms with E-state index in [4.69, 9.17) is 0 Å². The molecule has 10 nitrogen and oxygen atoms in total. The van der Waals surface area contributed by atoms with E-state index in [1.807, 2.05) is 24.3 Å². The zero-order valence-corrected chi connectivity index (χ0v) is 15.0. The van der Waals surface area contributed by atoms with Crippen LogP contribution in [-0.2, 0) is 6.54 Å². The number of nitrogens with zero attached hydrogens (tertiary/aromatic N) is 6. The number of imidazole rings is 1. The normalized spacial score (nSPS) is 10.6. The molecule has 10 heteroatoms. The smallest absolute Gasteiger partial charge is 0.294 e. The van der Waals surface area contributed by atoms with Gasteiger partial charge >= 0.3 is 0 Å². The number of nitro groups is 1. The highest BCUT2D eigenvalue weighted by Crippen LogP contribution is 2.24. The number of nitro benzene ring substituents is 1. The van der Waals surface area contributed by atoms with E-state index in [-0.39, 0.29) is 17.8 Å². The molecule has 0 atom stereocenters. The minimum Gasteiger partial charge on any atom is -0.348 e. The van der Waals surface area contributed by atoms with Crippen molar-refractivity contribution in [2.45, 2.75) is 6.54 Å². The Bertz CT molecular complexity index is 1140. The summed E-state index contributed by atoms with van der Waals surface area (Å²) in [5, 5.41) is 18.3. The summed E-state index contributed by atoms with van der Waals surface area (Å²) in [6.45, 7) is 0.285. The summed E-state index contributed by atoms with van der Waals surface area (Å²) in [6, 6.07) is 11.8. The number of rotatable bonds is 6. The number of aromatic nitrogens is 5. The Labute approximate surface area is 164 Å². The molecule has 144 valence electrons. The number of benzene rings is 2. The van der Waals surface area contributed by atoms with Crippen LogP contribution >= 0.6 is 0 Å². The van der Waals surface area contributed by atoms with Crippen molar-refractivity contribution in [3.05, 3.63) is 95.1 Å². The molecule has 1 N–H and O–H groups in total. The van der Waals surface area contributed by atoms with Crippen LogP contribution in [-0.4, -0.2) is 35.1 Å². The van der Waals surface area contributed by atoms with Crippen LogP contribution in [0.25, 0.3) is 11.4 Å². The maximum atomic E-state index is 12.5. The maximum Gasteiger partial charge on any atom is 0.294 e. The van der Waals surface area contributed by atoms with E-state index in [1.165, 1.54) is 35.6 Å². The zero-order valence-electron chi connectivity index (χ0n) is 15.0. The van der Waals surface area contributed by atoms with E-state index in [0.29, 0.717) is 5.69 Å². The second kappa shape index (κ2) is 7.72. The van der Waals surface area contributed by atoms with Crippen LogP contribution in [0.2, 0.25) is 0 Å². The highest BCUT2D eigenvalue weighted by atomic mass is 16.6. The van der Waals surface area contributed by atoms with Crippen LogP contribution in [0.4, 0.5) is 5.69 Å². The first-order valence-electron chi connectivity index (χ1n) is 8.61. The number of carbonyl (C=O) groups is 1. The summed E-state index contributed by atoms with van der Waals surface area (Å²) in [5.74, 6) is -0.398. The first-order chi connectivity index (χ1) is 14.1. The van der Waals surface area contributed by atoms with Crippen molar-refractivity contribution in [1.29, 1.82) is 0 Å². The molecule has 2 heterocycles. The van der Waals surface area contributed by atoms with E-state index in [2.05, 4.69) is 20.4 Å². The lowest BCUT2D eigenvalue weighted by Crippen LogP contribution is -2.23. The first kappa shape index (κ1) is 18.0. The molecule has 29 heavy (non-hydrogen) atoms. The molecule has 0 unspecified atom stereocenters. The average Bonchev–Trinajstić information content (AvgIpc) is 3.46. The minimum absolute atomic E-state index is 0.173. The molecule has 0 saturated carbocycles. The number of carbonyl (C=O) groups excluding carboxylic acids is 1. The molecule has 2 aromatic heterocycles. The van der Waals surface area contributed by atoms with Crippen molar-refractivity contribution in [2.75, 3.05) is 0 Å². The number of hydrogen-bond donors (Lipinski definition) is 1. The van der Waals surface area contributed by atoms with Gasteiger partial charge in [-0.2, -0.15) is 5.10 Å². The Kier molecular flexibility index (Phi) is 4.81. The monoisotopic (exact) mass is 389 g/mol. The van der Waals surface area contributed by atoms with Gasteiger partial charge in [-0.3, -0.25) is 14.9 Å². The molecular weight excluding hydrogens is 374 g/mol. The van der Waals surface area contributed by atoms with Gasteiger partial charge in [-0.15, -0.1) is 0 Å². The van der Waals surface area contributed by atoms with Crippen LogP contribution in [0, 0.1) is 10.1 Å². The summed E-state index contributed by atoms with van der Waals surface area (Å²) in [4.78, 5) is 31.2. The Morgan fingerprint density at radius 1 is 1.10 bits per heavy atom. The van der Waals surface area contributed by atoms with Crippen LogP contribution in [0.15, 0.2) is 73.8 Å². The summed E-state index contributed by atoms with van der Waals surface area (Å²) >= 11 is 0. The van der Waals surface area contributed by atoms with Crippen molar-refractivity contribution in [3.8, 4) is 11.4 Å². The highest BCUT2D eigenvalue weighted by Gasteiger charge is 2.18. The molecule has 1 amide bonds. The number of amides is 1. The Morgan fingerprint density at radius 2 is 1.93 bits per heavy atom. The Hall–Kier alpha value is -4.34. The molecule has 0 saturated heterocycles. The third-order valence-corrected chi connectivity index (χ3v) is 4.29. The molecule has 4 aromatic rings. The molecule has 0 aliphatic carbocycles. The quantitative estimate of drug-likeness (QED) is 0.399. The second-order valence-electron chi connectivity index (χ2n) is 6.12. The van der Waals surface area contributed by atoms with Gasteiger partial charge in [0.2, 0.25) is 0 Å². The SMILES string of the molecule is O=C(NCc1ccc(-n2cncn2)cc1)c1ccc(-n2ccnc2)c([N+](=O)[O-])c1. The van der Waals surface area contributed by atoms with Gasteiger partial charge in [0, 0.05) is 30.6 Å². The molecule has 0 bridgehead atoms. The van der Waals surface area contributed by atoms with Gasteiger partial charge in [0.1, 0.15) is 18.3 Å². The van der Waals surface area contributed by atoms with Gasteiger partial charge in [-0.1, -0.05) is 12.1 Å². The van der Waals surface area contributed by atoms with Gasteiger partial charge in [0.15, 0.2) is 0 Å². The molecule has 0 radical (unpaired) electrons. The van der Waals surface area contributed by atoms with Gasteiger partial charge in [-0.05, 0) is 29.8 Å². The van der Waals surface area contributed by atoms with Crippen LogP contribution in [0.1, 0.15) is 15.9 Å². The van der Waals surface area contributed by atoms with Gasteiger partial charge in [-0.25, -0.2) is 14.6 Å². The molecule has 0 aliphatic heterocycles. The predicted molar refractivity (Wildman–Crippen MR) is 103 cm³/mol. The third kappa shape index (κ3) is 3.86. The lowest BCUT2D eigenvalue weighted by Gasteiger charge is -2.08. The Balaban J connectivity index is 1.47. The summed E-state index contributed by atoms with van der Waals surface area (Å²) in [6.07, 6.45) is 7.64. The predicted octanol–water partition coefficient (Wildman–Crippen LogP) is 2.29. The fraction of sp³-hybridized carbons (Fsp3) is 0.0526. The summed E-state index contributed by atoms with van der Waals surface area (Å²) in [7, 11) is 0. The minimum atomic E-state index is -0.519. The fourth-order valence-electron chi connectivity index (χ4n) is 2.82. The summed E-state index contributed by atoms with van der Waals surface area (Å²) in [5.41, 5.74) is 2.11. The molecule has 4 rings (SSSR count). The number of hydrogen-bond acceptors (Lipinski definition) is 6. The molecular formula is C19H15N7O3. The second-order valence-corrected chi connectivity index (χ2v) is 6.12. The van der Waals surface area contributed by atoms with Crippen molar-refractivity contribution >= 4 is 11.6 Å². The molecule has 0 aliphatic rings. The third-order valence-electron chi connectivity index (χ3n) is 4.29. The zero-order chi connectivity index (χ0) is 20.2. The topological polar surface area (TPSA) is 121 Å². The molecule has 2 aromatic carbocycles. The number of nitrogens with one attached hydrogen (secondary N) is 1. The van der Waals surface area contributed by atoms with Gasteiger partial charge in [0.05, 0.1) is 16.9 Å². The van der Waals surface area contributed by atoms with Gasteiger partial charge in [0.25, 0.3) is 11.6 Å². The fourth-order valence-corrected chi connectivity index (χ4v) is 2.82. The largest absolute Gasteiger partial charge is 0.348 e. The van der Waals surface area contributed by atoms with Crippen LogP contribution in [0.5, 0.6) is 0 Å². The van der Waals surface area contributed by atoms with E-state index < -0.39 is 10.8 Å². The highest BCUT2D eigenvalue weighted by molar-refractivity contribution is 5.95. The molecule has 0 fully saturated rings. The van der Waals surface area contributed by atoms with Gasteiger partial charge < -0.3 is 9.88 Å². The van der Waals surface area contributed by atoms with Crippen molar-refractivity contribution in [1.82, 2.24) is 29.6 Å². The van der Waals surface area contributed by atoms with Crippen LogP contribution < -0.4 is 5.32 Å². The van der Waals surface area contributed by atoms with E-state index >= 15 is 0 Å². The van der Waals surface area contributed by atoms with Crippen molar-refractivity contribution in [2.24, 2.45) is 0 Å². The summed E-state index contributed by atoms with van der Waals surface area (Å²) < 4.78 is 3.15.